The Hall–Kier alpha value is -2.51. The maximum atomic E-state index is 12.3. The predicted molar refractivity (Wildman–Crippen MR) is 75.5 cm³/mol. The van der Waals surface area contributed by atoms with Crippen LogP contribution in [0.25, 0.3) is 0 Å². The number of aryl methyl sites for hydroxylation is 2. The lowest BCUT2D eigenvalue weighted by atomic mass is 10.0. The first-order chi connectivity index (χ1) is 9.90. The Morgan fingerprint density at radius 3 is 2.48 bits per heavy atom. The molecule has 8 nitrogen and oxygen atoms in total. The van der Waals surface area contributed by atoms with Crippen LogP contribution in [0.1, 0.15) is 36.2 Å². The third-order valence-corrected chi connectivity index (χ3v) is 3.17. The van der Waals surface area contributed by atoms with E-state index in [2.05, 4.69) is 20.5 Å². The molecule has 0 spiro atoms. The number of hydrogen-bond donors (Lipinski definition) is 1. The summed E-state index contributed by atoms with van der Waals surface area (Å²) < 4.78 is 2.75. The largest absolute Gasteiger partial charge is 0.340 e. The molecule has 0 saturated carbocycles. The van der Waals surface area contributed by atoms with Crippen molar-refractivity contribution < 1.29 is 4.79 Å². The van der Waals surface area contributed by atoms with Gasteiger partial charge < -0.3 is 5.32 Å². The molecule has 21 heavy (non-hydrogen) atoms. The van der Waals surface area contributed by atoms with Crippen LogP contribution in [0.3, 0.4) is 0 Å². The second-order valence-corrected chi connectivity index (χ2v) is 5.12. The summed E-state index contributed by atoms with van der Waals surface area (Å²) in [6.45, 7) is 3.96. The van der Waals surface area contributed by atoms with E-state index in [0.717, 1.165) is 4.68 Å². The van der Waals surface area contributed by atoms with Gasteiger partial charge in [-0.1, -0.05) is 13.8 Å². The van der Waals surface area contributed by atoms with Crippen molar-refractivity contribution in [2.24, 2.45) is 20.0 Å². The first-order valence-electron chi connectivity index (χ1n) is 6.59. The van der Waals surface area contributed by atoms with Gasteiger partial charge in [0.05, 0.1) is 6.04 Å². The summed E-state index contributed by atoms with van der Waals surface area (Å²) in [5.74, 6) is 0.444. The van der Waals surface area contributed by atoms with Gasteiger partial charge in [0.1, 0.15) is 17.8 Å². The highest BCUT2D eigenvalue weighted by molar-refractivity contribution is 5.92. The fourth-order valence-electron chi connectivity index (χ4n) is 1.95. The molecule has 8 heteroatoms. The van der Waals surface area contributed by atoms with Crippen LogP contribution in [-0.4, -0.2) is 30.5 Å². The zero-order chi connectivity index (χ0) is 15.6. The first kappa shape index (κ1) is 14.9. The highest BCUT2D eigenvalue weighted by Gasteiger charge is 2.23. The molecule has 0 fully saturated rings. The third kappa shape index (κ3) is 3.15. The Kier molecular flexibility index (Phi) is 4.15. The quantitative estimate of drug-likeness (QED) is 0.857. The second kappa shape index (κ2) is 5.86. The van der Waals surface area contributed by atoms with Crippen LogP contribution in [-0.2, 0) is 14.1 Å². The average Bonchev–Trinajstić information content (AvgIpc) is 2.84. The van der Waals surface area contributed by atoms with Gasteiger partial charge >= 0.3 is 0 Å². The van der Waals surface area contributed by atoms with Crippen molar-refractivity contribution in [3.8, 4) is 0 Å². The lowest BCUT2D eigenvalue weighted by Crippen LogP contribution is -2.35. The van der Waals surface area contributed by atoms with E-state index in [4.69, 9.17) is 0 Å². The fourth-order valence-corrected chi connectivity index (χ4v) is 1.95. The maximum Gasteiger partial charge on any atom is 0.272 e. The summed E-state index contributed by atoms with van der Waals surface area (Å²) in [7, 11) is 3.27. The SMILES string of the molecule is CC(C)[C@H](NC(=O)c1ccc(=O)n(C)n1)c1ncnn1C. The molecule has 2 rings (SSSR count). The van der Waals surface area contributed by atoms with E-state index in [1.165, 1.54) is 25.5 Å². The van der Waals surface area contributed by atoms with Crippen molar-refractivity contribution in [3.05, 3.63) is 40.3 Å². The zero-order valence-corrected chi connectivity index (χ0v) is 12.4. The van der Waals surface area contributed by atoms with Crippen LogP contribution >= 0.6 is 0 Å². The van der Waals surface area contributed by atoms with Gasteiger partial charge in [-0.15, -0.1) is 0 Å². The van der Waals surface area contributed by atoms with Crippen LogP contribution in [0.4, 0.5) is 0 Å². The molecule has 0 aliphatic carbocycles. The van der Waals surface area contributed by atoms with Crippen LogP contribution in [0.5, 0.6) is 0 Å². The van der Waals surface area contributed by atoms with E-state index >= 15 is 0 Å². The van der Waals surface area contributed by atoms with Gasteiger partial charge in [0.15, 0.2) is 0 Å². The van der Waals surface area contributed by atoms with Gasteiger partial charge in [-0.2, -0.15) is 10.2 Å². The van der Waals surface area contributed by atoms with Gasteiger partial charge in [-0.3, -0.25) is 14.3 Å². The zero-order valence-electron chi connectivity index (χ0n) is 12.4. The van der Waals surface area contributed by atoms with E-state index in [0.29, 0.717) is 5.82 Å². The Labute approximate surface area is 121 Å². The molecule has 0 radical (unpaired) electrons. The summed E-state index contributed by atoms with van der Waals surface area (Å²) in [5.41, 5.74) is -0.0785. The summed E-state index contributed by atoms with van der Waals surface area (Å²) in [4.78, 5) is 27.8. The lowest BCUT2D eigenvalue weighted by molar-refractivity contribution is 0.0914. The van der Waals surface area contributed by atoms with Crippen molar-refractivity contribution in [3.63, 3.8) is 0 Å². The van der Waals surface area contributed by atoms with Gasteiger partial charge in [0.25, 0.3) is 11.5 Å². The Bertz CT molecular complexity index is 703. The van der Waals surface area contributed by atoms with Crippen LogP contribution in [0.2, 0.25) is 0 Å². The molecule has 2 heterocycles. The summed E-state index contributed by atoms with van der Waals surface area (Å²) in [6.07, 6.45) is 1.45. The van der Waals surface area contributed by atoms with Gasteiger partial charge in [0, 0.05) is 20.2 Å². The molecule has 1 amide bonds. The fraction of sp³-hybridized carbons (Fsp3) is 0.462. The molecule has 0 aliphatic heterocycles. The molecule has 0 bridgehead atoms. The normalized spacial score (nSPS) is 12.4. The average molecular weight is 290 g/mol. The van der Waals surface area contributed by atoms with Crippen molar-refractivity contribution >= 4 is 5.91 Å². The molecular formula is C13H18N6O2. The van der Waals surface area contributed by atoms with E-state index in [1.54, 1.807) is 11.7 Å². The maximum absolute atomic E-state index is 12.3. The predicted octanol–water partition coefficient (Wildman–Crippen LogP) is 0.0359. The summed E-state index contributed by atoms with van der Waals surface area (Å²) >= 11 is 0. The minimum atomic E-state index is -0.354. The lowest BCUT2D eigenvalue weighted by Gasteiger charge is -2.21. The highest BCUT2D eigenvalue weighted by atomic mass is 16.2. The Morgan fingerprint density at radius 2 is 1.95 bits per heavy atom. The number of amides is 1. The van der Waals surface area contributed by atoms with Crippen LogP contribution in [0, 0.1) is 5.92 Å². The van der Waals surface area contributed by atoms with Crippen LogP contribution < -0.4 is 10.9 Å². The molecule has 2 aromatic heterocycles. The molecule has 112 valence electrons. The molecule has 2 aromatic rings. The molecule has 0 aromatic carbocycles. The van der Waals surface area contributed by atoms with E-state index in [-0.39, 0.29) is 29.1 Å². The van der Waals surface area contributed by atoms with Crippen molar-refractivity contribution in [2.75, 3.05) is 0 Å². The molecule has 0 aliphatic rings. The van der Waals surface area contributed by atoms with Gasteiger partial charge in [-0.25, -0.2) is 9.67 Å². The van der Waals surface area contributed by atoms with Gasteiger partial charge in [0.2, 0.25) is 0 Å². The number of nitrogens with one attached hydrogen (secondary N) is 1. The molecular weight excluding hydrogens is 272 g/mol. The minimum absolute atomic E-state index is 0.129. The number of carbonyl (C=O) groups is 1. The van der Waals surface area contributed by atoms with Crippen molar-refractivity contribution in [1.29, 1.82) is 0 Å². The standard InChI is InChI=1S/C13H18N6O2/c1-8(2)11(12-14-7-15-19(12)4)16-13(21)9-5-6-10(20)18(3)17-9/h5-8,11H,1-4H3,(H,16,21)/t11-/m0/s1. The monoisotopic (exact) mass is 290 g/mol. The topological polar surface area (TPSA) is 94.7 Å². The Balaban J connectivity index is 2.25. The molecule has 1 atom stereocenters. The first-order valence-corrected chi connectivity index (χ1v) is 6.59. The van der Waals surface area contributed by atoms with Crippen molar-refractivity contribution in [2.45, 2.75) is 19.9 Å². The smallest absolute Gasteiger partial charge is 0.272 e. The van der Waals surface area contributed by atoms with E-state index in [1.807, 2.05) is 13.8 Å². The third-order valence-electron chi connectivity index (χ3n) is 3.17. The molecule has 1 N–H and O–H groups in total. The molecule has 0 unspecified atom stereocenters. The Morgan fingerprint density at radius 1 is 1.24 bits per heavy atom. The minimum Gasteiger partial charge on any atom is -0.340 e. The number of rotatable bonds is 4. The van der Waals surface area contributed by atoms with E-state index in [9.17, 15) is 9.59 Å². The number of hydrogen-bond acceptors (Lipinski definition) is 5. The highest BCUT2D eigenvalue weighted by Crippen LogP contribution is 2.19. The summed E-state index contributed by atoms with van der Waals surface area (Å²) in [6, 6.07) is 2.43. The van der Waals surface area contributed by atoms with Crippen LogP contribution in [0.15, 0.2) is 23.3 Å². The summed E-state index contributed by atoms with van der Waals surface area (Å²) in [5, 5.41) is 10.8. The number of aromatic nitrogens is 5. The molecule has 0 saturated heterocycles. The number of nitrogens with zero attached hydrogens (tertiary/aromatic N) is 5. The van der Waals surface area contributed by atoms with Crippen molar-refractivity contribution in [1.82, 2.24) is 29.9 Å². The number of carbonyl (C=O) groups excluding carboxylic acids is 1. The van der Waals surface area contributed by atoms with Gasteiger partial charge in [-0.05, 0) is 12.0 Å². The van der Waals surface area contributed by atoms with E-state index < -0.39 is 0 Å². The second-order valence-electron chi connectivity index (χ2n) is 5.12.